The van der Waals surface area contributed by atoms with E-state index in [9.17, 15) is 17.4 Å². The molecule has 0 bridgehead atoms. The van der Waals surface area contributed by atoms with Gasteiger partial charge in [0.2, 0.25) is 5.89 Å². The van der Waals surface area contributed by atoms with E-state index in [4.69, 9.17) is 4.42 Å². The number of hydrogen-bond donors (Lipinski definition) is 0. The minimum atomic E-state index is -4.57. The van der Waals surface area contributed by atoms with E-state index in [1.165, 1.54) is 29.7 Å². The summed E-state index contributed by atoms with van der Waals surface area (Å²) in [5.74, 6) is 0.533. The van der Waals surface area contributed by atoms with Crippen LogP contribution in [0.25, 0.3) is 21.7 Å². The molecule has 0 amide bonds. The van der Waals surface area contributed by atoms with Crippen molar-refractivity contribution in [3.05, 3.63) is 53.0 Å². The van der Waals surface area contributed by atoms with Gasteiger partial charge in [0.25, 0.3) is 5.22 Å². The standard InChI is InChI=1S/C18H12F3N3O2S3/c1-29(25)15-5-2-10(6-12(15)18(19,20)21)8-27-17-24-23-16(26-17)11-3-4-13-14(7-11)28-9-22-13/h2-7,9H,8H2,1H3. The number of thiazole rings is 1. The summed E-state index contributed by atoms with van der Waals surface area (Å²) in [6.45, 7) is 0. The molecule has 4 rings (SSSR count). The number of fused-ring (bicyclic) bond motifs is 1. The molecule has 2 aromatic carbocycles. The van der Waals surface area contributed by atoms with Gasteiger partial charge in [-0.1, -0.05) is 17.8 Å². The van der Waals surface area contributed by atoms with Crippen molar-refractivity contribution in [1.82, 2.24) is 15.2 Å². The number of alkyl halides is 3. The second-order valence-corrected chi connectivity index (χ2v) is 9.14. The average Bonchev–Trinajstić information content (AvgIpc) is 3.34. The van der Waals surface area contributed by atoms with Gasteiger partial charge in [-0.25, -0.2) is 4.98 Å². The van der Waals surface area contributed by atoms with E-state index in [1.54, 1.807) is 5.51 Å². The zero-order valence-corrected chi connectivity index (χ0v) is 17.2. The summed E-state index contributed by atoms with van der Waals surface area (Å²) in [6.07, 6.45) is -3.35. The molecule has 0 fully saturated rings. The van der Waals surface area contributed by atoms with Crippen LogP contribution in [0, 0.1) is 0 Å². The zero-order valence-electron chi connectivity index (χ0n) is 14.8. The molecule has 0 N–H and O–H groups in total. The van der Waals surface area contributed by atoms with Gasteiger partial charge in [-0.2, -0.15) is 13.2 Å². The monoisotopic (exact) mass is 455 g/mol. The van der Waals surface area contributed by atoms with Crippen LogP contribution in [0.3, 0.4) is 0 Å². The molecule has 2 heterocycles. The Balaban J connectivity index is 1.52. The molecule has 0 saturated heterocycles. The molecule has 0 saturated carbocycles. The Morgan fingerprint density at radius 1 is 1.17 bits per heavy atom. The van der Waals surface area contributed by atoms with Crippen LogP contribution in [0.5, 0.6) is 0 Å². The van der Waals surface area contributed by atoms with Gasteiger partial charge in [-0.05, 0) is 35.9 Å². The number of hydrogen-bond acceptors (Lipinski definition) is 7. The maximum atomic E-state index is 13.2. The van der Waals surface area contributed by atoms with E-state index in [0.717, 1.165) is 33.6 Å². The molecule has 1 atom stereocenters. The van der Waals surface area contributed by atoms with Crippen molar-refractivity contribution in [3.63, 3.8) is 0 Å². The molecule has 1 unspecified atom stereocenters. The Morgan fingerprint density at radius 2 is 2.00 bits per heavy atom. The third-order valence-corrected chi connectivity index (χ3v) is 6.66. The summed E-state index contributed by atoms with van der Waals surface area (Å²) < 4.78 is 57.9. The van der Waals surface area contributed by atoms with Gasteiger partial charge in [-0.15, -0.1) is 21.5 Å². The second-order valence-electron chi connectivity index (χ2n) is 5.98. The first-order valence-electron chi connectivity index (χ1n) is 8.15. The molecule has 0 radical (unpaired) electrons. The van der Waals surface area contributed by atoms with E-state index in [2.05, 4.69) is 15.2 Å². The molecule has 29 heavy (non-hydrogen) atoms. The summed E-state index contributed by atoms with van der Waals surface area (Å²) >= 11 is 2.63. The molecule has 0 spiro atoms. The van der Waals surface area contributed by atoms with Crippen LogP contribution in [-0.2, 0) is 22.7 Å². The largest absolute Gasteiger partial charge is 0.417 e. The molecule has 0 aliphatic rings. The van der Waals surface area contributed by atoms with Crippen LogP contribution in [0.1, 0.15) is 11.1 Å². The average molecular weight is 456 g/mol. The van der Waals surface area contributed by atoms with Gasteiger partial charge in [-0.3, -0.25) is 4.21 Å². The van der Waals surface area contributed by atoms with E-state index < -0.39 is 22.5 Å². The molecular formula is C18H12F3N3O2S3. The van der Waals surface area contributed by atoms with Crippen molar-refractivity contribution < 1.29 is 21.8 Å². The number of halogens is 3. The van der Waals surface area contributed by atoms with E-state index in [1.807, 2.05) is 18.2 Å². The van der Waals surface area contributed by atoms with Gasteiger partial charge < -0.3 is 4.42 Å². The number of benzene rings is 2. The third-order valence-electron chi connectivity index (χ3n) is 4.01. The molecule has 0 aliphatic heterocycles. The molecule has 4 aromatic rings. The summed E-state index contributed by atoms with van der Waals surface area (Å²) in [5, 5.41) is 8.22. The van der Waals surface area contributed by atoms with E-state index in [0.29, 0.717) is 11.5 Å². The van der Waals surface area contributed by atoms with E-state index in [-0.39, 0.29) is 15.9 Å². The van der Waals surface area contributed by atoms with Crippen molar-refractivity contribution in [1.29, 1.82) is 0 Å². The van der Waals surface area contributed by atoms with Crippen LogP contribution in [0.15, 0.2) is 56.4 Å². The molecule has 5 nitrogen and oxygen atoms in total. The van der Waals surface area contributed by atoms with Gasteiger partial charge >= 0.3 is 6.18 Å². The second kappa shape index (κ2) is 7.88. The lowest BCUT2D eigenvalue weighted by Gasteiger charge is -2.12. The highest BCUT2D eigenvalue weighted by molar-refractivity contribution is 7.98. The quantitative estimate of drug-likeness (QED) is 0.376. The summed E-state index contributed by atoms with van der Waals surface area (Å²) in [7, 11) is -1.73. The van der Waals surface area contributed by atoms with Gasteiger partial charge in [0, 0.05) is 17.6 Å². The molecule has 11 heteroatoms. The zero-order chi connectivity index (χ0) is 20.6. The predicted octanol–water partition coefficient (Wildman–Crippen LogP) is 5.39. The fourth-order valence-corrected chi connectivity index (χ4v) is 4.82. The highest BCUT2D eigenvalue weighted by Gasteiger charge is 2.34. The fourth-order valence-electron chi connectivity index (χ4n) is 2.66. The topological polar surface area (TPSA) is 68.9 Å². The lowest BCUT2D eigenvalue weighted by molar-refractivity contribution is -0.139. The molecule has 2 aromatic heterocycles. The first-order chi connectivity index (χ1) is 13.8. The first-order valence-corrected chi connectivity index (χ1v) is 11.6. The smallest absolute Gasteiger partial charge is 0.411 e. The number of aromatic nitrogens is 3. The van der Waals surface area contributed by atoms with Crippen molar-refractivity contribution in [3.8, 4) is 11.5 Å². The van der Waals surface area contributed by atoms with Crippen molar-refractivity contribution in [2.45, 2.75) is 22.0 Å². The van der Waals surface area contributed by atoms with Crippen LogP contribution in [0.2, 0.25) is 0 Å². The predicted molar refractivity (Wildman–Crippen MR) is 106 cm³/mol. The molecule has 0 aliphatic carbocycles. The highest BCUT2D eigenvalue weighted by Crippen LogP contribution is 2.35. The molecule has 150 valence electrons. The summed E-state index contributed by atoms with van der Waals surface area (Å²) in [5.41, 5.74) is 2.90. The Morgan fingerprint density at radius 3 is 2.76 bits per heavy atom. The minimum absolute atomic E-state index is 0.204. The van der Waals surface area contributed by atoms with Crippen LogP contribution >= 0.6 is 23.1 Å². The maximum absolute atomic E-state index is 13.2. The van der Waals surface area contributed by atoms with E-state index >= 15 is 0 Å². The third kappa shape index (κ3) is 4.36. The van der Waals surface area contributed by atoms with Gasteiger partial charge in [0.1, 0.15) is 0 Å². The fraction of sp³-hybridized carbons (Fsp3) is 0.167. The number of nitrogens with zero attached hydrogens (tertiary/aromatic N) is 3. The van der Waals surface area contributed by atoms with Crippen molar-refractivity contribution in [2.75, 3.05) is 6.26 Å². The van der Waals surface area contributed by atoms with Gasteiger partial charge in [0.05, 0.1) is 37.0 Å². The minimum Gasteiger partial charge on any atom is -0.411 e. The normalized spacial score (nSPS) is 13.1. The van der Waals surface area contributed by atoms with Crippen molar-refractivity contribution in [2.24, 2.45) is 0 Å². The maximum Gasteiger partial charge on any atom is 0.417 e. The Labute approximate surface area is 173 Å². The van der Waals surface area contributed by atoms with Crippen LogP contribution in [-0.4, -0.2) is 25.6 Å². The SMILES string of the molecule is CS(=O)c1ccc(CSc2nnc(-c3ccc4ncsc4c3)o2)cc1C(F)(F)F. The summed E-state index contributed by atoms with van der Waals surface area (Å²) in [6, 6.07) is 9.36. The number of rotatable bonds is 5. The highest BCUT2D eigenvalue weighted by atomic mass is 32.2. The lowest BCUT2D eigenvalue weighted by atomic mass is 10.1. The van der Waals surface area contributed by atoms with Crippen LogP contribution in [0.4, 0.5) is 13.2 Å². The molecular weight excluding hydrogens is 443 g/mol. The first kappa shape index (κ1) is 20.0. The Hall–Kier alpha value is -2.24. The number of thioether (sulfide) groups is 1. The lowest BCUT2D eigenvalue weighted by Crippen LogP contribution is -2.10. The Bertz CT molecular complexity index is 1200. The van der Waals surface area contributed by atoms with Crippen molar-refractivity contribution >= 4 is 44.1 Å². The Kier molecular flexibility index (Phi) is 5.45. The van der Waals surface area contributed by atoms with Crippen LogP contribution < -0.4 is 0 Å². The summed E-state index contributed by atoms with van der Waals surface area (Å²) in [4.78, 5) is 3.98. The van der Waals surface area contributed by atoms with Gasteiger partial charge in [0.15, 0.2) is 0 Å².